The molecule has 2 aromatic rings. The Bertz CT molecular complexity index is 875. The molecule has 2 rings (SSSR count). The Labute approximate surface area is 154 Å². The number of rotatable bonds is 7. The lowest BCUT2D eigenvalue weighted by molar-refractivity contribution is 0.102. The van der Waals surface area contributed by atoms with Crippen LogP contribution >= 0.6 is 0 Å². The Hall–Kier alpha value is -2.38. The van der Waals surface area contributed by atoms with Gasteiger partial charge in [-0.1, -0.05) is 19.1 Å². The van der Waals surface area contributed by atoms with Gasteiger partial charge < -0.3 is 10.1 Å². The minimum atomic E-state index is -3.70. The fourth-order valence-electron chi connectivity index (χ4n) is 2.35. The fraction of sp³-hybridized carbons (Fsp3) is 0.316. The second-order valence-corrected chi connectivity index (χ2v) is 8.01. The molecule has 0 aliphatic heterocycles. The summed E-state index contributed by atoms with van der Waals surface area (Å²) in [5, 5.41) is 2.74. The minimum absolute atomic E-state index is 0.0171. The van der Waals surface area contributed by atoms with Gasteiger partial charge in [0.05, 0.1) is 6.61 Å². The average Bonchev–Trinajstić information content (AvgIpc) is 2.63. The summed E-state index contributed by atoms with van der Waals surface area (Å²) in [5.41, 5.74) is 2.04. The monoisotopic (exact) mass is 376 g/mol. The van der Waals surface area contributed by atoms with Crippen LogP contribution in [0.25, 0.3) is 0 Å². The predicted octanol–water partition coefficient (Wildman–Crippen LogP) is 3.15. The maximum Gasteiger partial charge on any atom is 0.255 e. The van der Waals surface area contributed by atoms with Crippen LogP contribution in [0.3, 0.4) is 0 Å². The molecule has 1 amide bonds. The summed E-state index contributed by atoms with van der Waals surface area (Å²) in [6, 6.07) is 11.9. The number of nitrogens with zero attached hydrogens (tertiary/aromatic N) is 1. The van der Waals surface area contributed by atoms with Crippen LogP contribution in [0.5, 0.6) is 5.75 Å². The van der Waals surface area contributed by atoms with E-state index in [1.807, 2.05) is 19.1 Å². The summed E-state index contributed by atoms with van der Waals surface area (Å²) in [6.07, 6.45) is 0.895. The Morgan fingerprint density at radius 1 is 1.08 bits per heavy atom. The summed E-state index contributed by atoms with van der Waals surface area (Å²) in [6.45, 7) is 4.16. The molecule has 26 heavy (non-hydrogen) atoms. The molecule has 0 aliphatic carbocycles. The van der Waals surface area contributed by atoms with Gasteiger partial charge in [-0.25, -0.2) is 12.7 Å². The highest BCUT2D eigenvalue weighted by Crippen LogP contribution is 2.29. The van der Waals surface area contributed by atoms with Gasteiger partial charge in [0.15, 0.2) is 0 Å². The van der Waals surface area contributed by atoms with Crippen molar-refractivity contribution in [2.75, 3.05) is 26.0 Å². The van der Waals surface area contributed by atoms with E-state index < -0.39 is 10.0 Å². The number of benzene rings is 2. The van der Waals surface area contributed by atoms with Crippen molar-refractivity contribution in [1.82, 2.24) is 4.31 Å². The molecule has 0 saturated carbocycles. The number of carbonyl (C=O) groups excluding carboxylic acids is 1. The van der Waals surface area contributed by atoms with Gasteiger partial charge in [-0.15, -0.1) is 0 Å². The lowest BCUT2D eigenvalue weighted by Crippen LogP contribution is -2.23. The number of amides is 1. The third kappa shape index (κ3) is 4.42. The third-order valence-corrected chi connectivity index (χ3v) is 5.72. The van der Waals surface area contributed by atoms with Crippen LogP contribution in [0.2, 0.25) is 0 Å². The predicted molar refractivity (Wildman–Crippen MR) is 102 cm³/mol. The Balaban J connectivity index is 2.33. The van der Waals surface area contributed by atoms with Crippen LogP contribution in [0, 0.1) is 0 Å². The first-order chi connectivity index (χ1) is 12.3. The van der Waals surface area contributed by atoms with E-state index in [4.69, 9.17) is 4.74 Å². The molecule has 1 N–H and O–H groups in total. The largest absolute Gasteiger partial charge is 0.492 e. The SMILES string of the molecule is CCOc1ccc(NC(=O)c2ccc(CC)cc2)cc1S(=O)(=O)N(C)C. The maximum atomic E-state index is 12.5. The van der Waals surface area contributed by atoms with E-state index in [0.29, 0.717) is 17.9 Å². The summed E-state index contributed by atoms with van der Waals surface area (Å²) in [4.78, 5) is 12.4. The lowest BCUT2D eigenvalue weighted by atomic mass is 10.1. The van der Waals surface area contributed by atoms with Crippen molar-refractivity contribution in [2.24, 2.45) is 0 Å². The van der Waals surface area contributed by atoms with Gasteiger partial charge in [0.2, 0.25) is 10.0 Å². The molecule has 6 nitrogen and oxygen atoms in total. The number of hydrogen-bond donors (Lipinski definition) is 1. The molecular weight excluding hydrogens is 352 g/mol. The van der Waals surface area contributed by atoms with Crippen LogP contribution in [-0.2, 0) is 16.4 Å². The minimum Gasteiger partial charge on any atom is -0.492 e. The topological polar surface area (TPSA) is 75.7 Å². The summed E-state index contributed by atoms with van der Waals surface area (Å²) >= 11 is 0. The Morgan fingerprint density at radius 2 is 1.73 bits per heavy atom. The van der Waals surface area contributed by atoms with Crippen molar-refractivity contribution in [3.05, 3.63) is 53.6 Å². The summed E-state index contributed by atoms with van der Waals surface area (Å²) < 4.78 is 31.6. The van der Waals surface area contributed by atoms with Gasteiger partial charge in [-0.2, -0.15) is 0 Å². The molecule has 0 radical (unpaired) electrons. The molecule has 0 fully saturated rings. The van der Waals surface area contributed by atoms with Crippen LogP contribution in [0.15, 0.2) is 47.4 Å². The van der Waals surface area contributed by atoms with Crippen LogP contribution in [0.4, 0.5) is 5.69 Å². The van der Waals surface area contributed by atoms with Crippen LogP contribution in [0.1, 0.15) is 29.8 Å². The molecule has 140 valence electrons. The zero-order valence-corrected chi connectivity index (χ0v) is 16.3. The molecule has 0 unspecified atom stereocenters. The molecular formula is C19H24N2O4S. The molecule has 0 aromatic heterocycles. The van der Waals surface area contributed by atoms with Gasteiger partial charge in [-0.3, -0.25) is 4.79 Å². The van der Waals surface area contributed by atoms with Crippen molar-refractivity contribution in [1.29, 1.82) is 0 Å². The quantitative estimate of drug-likeness (QED) is 0.805. The molecule has 0 spiro atoms. The normalized spacial score (nSPS) is 11.4. The number of sulfonamides is 1. The van der Waals surface area contributed by atoms with E-state index >= 15 is 0 Å². The van der Waals surface area contributed by atoms with E-state index in [2.05, 4.69) is 5.32 Å². The lowest BCUT2D eigenvalue weighted by Gasteiger charge is -2.16. The summed E-state index contributed by atoms with van der Waals surface area (Å²) in [5.74, 6) is -0.0449. The van der Waals surface area contributed by atoms with E-state index in [1.54, 1.807) is 31.2 Å². The van der Waals surface area contributed by atoms with Crippen molar-refractivity contribution >= 4 is 21.6 Å². The first kappa shape index (κ1) is 19.9. The van der Waals surface area contributed by atoms with Crippen molar-refractivity contribution in [3.63, 3.8) is 0 Å². The van der Waals surface area contributed by atoms with Crippen LogP contribution in [-0.4, -0.2) is 39.3 Å². The first-order valence-electron chi connectivity index (χ1n) is 8.39. The van der Waals surface area contributed by atoms with Gasteiger partial charge >= 0.3 is 0 Å². The molecule has 7 heteroatoms. The number of aryl methyl sites for hydroxylation is 1. The number of nitrogens with one attached hydrogen (secondary N) is 1. The van der Waals surface area contributed by atoms with Gasteiger partial charge in [0.25, 0.3) is 5.91 Å². The standard InChI is InChI=1S/C19H24N2O4S/c1-5-14-7-9-15(10-8-14)19(22)20-16-11-12-17(25-6-2)18(13-16)26(23,24)21(3)4/h7-13H,5-6H2,1-4H3,(H,20,22). The molecule has 0 saturated heterocycles. The van der Waals surface area contributed by atoms with E-state index in [9.17, 15) is 13.2 Å². The average molecular weight is 376 g/mol. The number of carbonyl (C=O) groups is 1. The highest BCUT2D eigenvalue weighted by molar-refractivity contribution is 7.89. The molecule has 0 bridgehead atoms. The molecule has 0 heterocycles. The molecule has 0 atom stereocenters. The van der Waals surface area contributed by atoms with Gasteiger partial charge in [0.1, 0.15) is 10.6 Å². The number of anilines is 1. The van der Waals surface area contributed by atoms with Crippen LogP contribution < -0.4 is 10.1 Å². The fourth-order valence-corrected chi connectivity index (χ4v) is 3.40. The van der Waals surface area contributed by atoms with E-state index in [0.717, 1.165) is 16.3 Å². The zero-order valence-electron chi connectivity index (χ0n) is 15.4. The zero-order chi connectivity index (χ0) is 19.3. The second-order valence-electron chi connectivity index (χ2n) is 5.89. The van der Waals surface area contributed by atoms with Gasteiger partial charge in [-0.05, 0) is 49.2 Å². The van der Waals surface area contributed by atoms with Crippen molar-refractivity contribution in [2.45, 2.75) is 25.2 Å². The Kier molecular flexibility index (Phi) is 6.39. The Morgan fingerprint density at radius 3 is 2.27 bits per heavy atom. The third-order valence-electron chi connectivity index (χ3n) is 3.88. The van der Waals surface area contributed by atoms with Gasteiger partial charge in [0, 0.05) is 25.3 Å². The smallest absolute Gasteiger partial charge is 0.255 e. The maximum absolute atomic E-state index is 12.5. The number of hydrogen-bond acceptors (Lipinski definition) is 4. The highest BCUT2D eigenvalue weighted by atomic mass is 32.2. The first-order valence-corrected chi connectivity index (χ1v) is 9.83. The molecule has 2 aromatic carbocycles. The van der Waals surface area contributed by atoms with E-state index in [-0.39, 0.29) is 16.6 Å². The summed E-state index contributed by atoms with van der Waals surface area (Å²) in [7, 11) is -0.805. The van der Waals surface area contributed by atoms with E-state index in [1.165, 1.54) is 20.2 Å². The number of ether oxygens (including phenoxy) is 1. The second kappa shape index (κ2) is 8.33. The molecule has 0 aliphatic rings. The highest BCUT2D eigenvalue weighted by Gasteiger charge is 2.23. The van der Waals surface area contributed by atoms with Crippen molar-refractivity contribution in [3.8, 4) is 5.75 Å². The van der Waals surface area contributed by atoms with Crippen molar-refractivity contribution < 1.29 is 17.9 Å².